The molecule has 0 bridgehead atoms. The molecule has 1 aromatic rings. The van der Waals surface area contributed by atoms with E-state index in [0.29, 0.717) is 0 Å². The first kappa shape index (κ1) is 19.2. The zero-order valence-electron chi connectivity index (χ0n) is 14.7. The summed E-state index contributed by atoms with van der Waals surface area (Å²) in [4.78, 5) is 4.15. The fourth-order valence-electron chi connectivity index (χ4n) is 4.14. The van der Waals surface area contributed by atoms with Crippen molar-refractivity contribution < 1.29 is 22.6 Å². The Hall–Kier alpha value is -2.62. The van der Waals surface area contributed by atoms with Crippen LogP contribution in [0.3, 0.4) is 0 Å². The third-order valence-electron chi connectivity index (χ3n) is 5.15. The van der Waals surface area contributed by atoms with Crippen LogP contribution in [-0.4, -0.2) is 25.0 Å². The number of nitrogens with zero attached hydrogens (tertiary/aromatic N) is 3. The maximum absolute atomic E-state index is 13.1. The first-order chi connectivity index (χ1) is 12.7. The Morgan fingerprint density at radius 3 is 2.30 bits per heavy atom. The lowest BCUT2D eigenvalue weighted by Crippen LogP contribution is -2.43. The summed E-state index contributed by atoms with van der Waals surface area (Å²) in [5, 5.41) is 19.9. The number of hydrogen-bond acceptors (Lipinski definition) is 6. The average Bonchev–Trinajstić information content (AvgIpc) is 3.20. The van der Waals surface area contributed by atoms with Gasteiger partial charge in [0.05, 0.1) is 17.7 Å². The van der Waals surface area contributed by atoms with Gasteiger partial charge in [-0.05, 0) is 25.5 Å². The molecule has 1 aromatic carbocycles. The van der Waals surface area contributed by atoms with Gasteiger partial charge in [-0.15, -0.1) is 0 Å². The minimum Gasteiger partial charge on any atom is -0.386 e. The van der Waals surface area contributed by atoms with Gasteiger partial charge in [0.2, 0.25) is 0 Å². The first-order valence-electron chi connectivity index (χ1n) is 8.34. The lowest BCUT2D eigenvalue weighted by Gasteiger charge is -2.31. The van der Waals surface area contributed by atoms with Crippen LogP contribution in [0.15, 0.2) is 29.3 Å². The van der Waals surface area contributed by atoms with E-state index in [1.807, 2.05) is 6.07 Å². The third-order valence-corrected chi connectivity index (χ3v) is 5.15. The molecule has 0 unspecified atom stereocenters. The van der Waals surface area contributed by atoms with Gasteiger partial charge in [-0.25, -0.2) is 4.99 Å². The van der Waals surface area contributed by atoms with E-state index in [-0.39, 0.29) is 24.6 Å². The van der Waals surface area contributed by atoms with E-state index in [0.717, 1.165) is 12.1 Å². The Morgan fingerprint density at radius 1 is 1.19 bits per heavy atom. The van der Waals surface area contributed by atoms with Gasteiger partial charge in [0.1, 0.15) is 11.3 Å². The normalized spacial score (nSPS) is 30.8. The summed E-state index contributed by atoms with van der Waals surface area (Å²) >= 11 is 0. The van der Waals surface area contributed by atoms with Crippen LogP contribution in [0.25, 0.3) is 0 Å². The SMILES string of the molecule is CCOC1(OCC)N=C(N)[C@@]2(C#N)[C@H](c3cccc(C(F)(F)F)c3)[C@@]12C#N. The van der Waals surface area contributed by atoms with Gasteiger partial charge in [-0.3, -0.25) is 0 Å². The lowest BCUT2D eigenvalue weighted by atomic mass is 9.93. The van der Waals surface area contributed by atoms with Crippen molar-refractivity contribution in [1.82, 2.24) is 0 Å². The summed E-state index contributed by atoms with van der Waals surface area (Å²) in [5.74, 6) is -2.97. The molecule has 9 heteroatoms. The number of rotatable bonds is 5. The van der Waals surface area contributed by atoms with Gasteiger partial charge >= 0.3 is 6.18 Å². The monoisotopic (exact) mass is 378 g/mol. The van der Waals surface area contributed by atoms with E-state index in [2.05, 4.69) is 11.1 Å². The molecule has 0 saturated heterocycles. The van der Waals surface area contributed by atoms with E-state index in [1.54, 1.807) is 13.8 Å². The molecule has 1 aliphatic heterocycles. The molecule has 1 fully saturated rings. The molecule has 27 heavy (non-hydrogen) atoms. The fourth-order valence-corrected chi connectivity index (χ4v) is 4.14. The first-order valence-corrected chi connectivity index (χ1v) is 8.34. The molecule has 1 aliphatic carbocycles. The van der Waals surface area contributed by atoms with Crippen LogP contribution in [0.2, 0.25) is 0 Å². The molecule has 0 aromatic heterocycles. The molecule has 142 valence electrons. The zero-order chi connectivity index (χ0) is 20.1. The minimum atomic E-state index is -4.56. The maximum Gasteiger partial charge on any atom is 0.416 e. The molecule has 2 aliphatic rings. The molecule has 2 N–H and O–H groups in total. The van der Waals surface area contributed by atoms with E-state index in [9.17, 15) is 23.7 Å². The third kappa shape index (κ3) is 2.16. The van der Waals surface area contributed by atoms with Crippen LogP contribution in [0, 0.1) is 33.5 Å². The van der Waals surface area contributed by atoms with Crippen LogP contribution in [-0.2, 0) is 15.7 Å². The van der Waals surface area contributed by atoms with Crippen LogP contribution >= 0.6 is 0 Å². The maximum atomic E-state index is 13.1. The van der Waals surface area contributed by atoms with Crippen LogP contribution in [0.4, 0.5) is 13.2 Å². The molecular formula is C18H17F3N4O2. The predicted molar refractivity (Wildman–Crippen MR) is 87.9 cm³/mol. The molecule has 0 radical (unpaired) electrons. The predicted octanol–water partition coefficient (Wildman–Crippen LogP) is 2.92. The van der Waals surface area contributed by atoms with Crippen molar-refractivity contribution in [2.75, 3.05) is 13.2 Å². The molecule has 1 heterocycles. The summed E-state index contributed by atoms with van der Waals surface area (Å²) in [6, 6.07) is 8.60. The number of halogens is 3. The van der Waals surface area contributed by atoms with Crippen molar-refractivity contribution in [2.24, 2.45) is 21.6 Å². The number of alkyl halides is 3. The quantitative estimate of drug-likeness (QED) is 0.793. The van der Waals surface area contributed by atoms with E-state index >= 15 is 0 Å². The van der Waals surface area contributed by atoms with Crippen LogP contribution in [0.1, 0.15) is 30.9 Å². The highest BCUT2D eigenvalue weighted by Gasteiger charge is 2.93. The van der Waals surface area contributed by atoms with Gasteiger partial charge in [0.15, 0.2) is 5.41 Å². The second-order valence-corrected chi connectivity index (χ2v) is 6.34. The average molecular weight is 378 g/mol. The number of aliphatic imine (C=N–C) groups is 1. The number of ether oxygens (including phenoxy) is 2. The van der Waals surface area contributed by atoms with Crippen LogP contribution < -0.4 is 5.73 Å². The van der Waals surface area contributed by atoms with Crippen molar-refractivity contribution in [3.05, 3.63) is 35.4 Å². The standard InChI is InChI=1S/C18H17F3N4O2/c1-3-26-18(27-4-2)16(10-23)13(15(16,9-22)14(24)25-18)11-6-5-7-12(8-11)17(19,20)21/h5-8,13H,3-4H2,1-2H3,(H2,24,25)/t13-,15+,16+/m0/s1. The summed E-state index contributed by atoms with van der Waals surface area (Å²) in [6.07, 6.45) is -4.56. The Bertz CT molecular complexity index is 880. The van der Waals surface area contributed by atoms with Crippen molar-refractivity contribution in [3.63, 3.8) is 0 Å². The van der Waals surface area contributed by atoms with Crippen molar-refractivity contribution in [1.29, 1.82) is 10.5 Å². The number of nitriles is 2. The second-order valence-electron chi connectivity index (χ2n) is 6.34. The highest BCUT2D eigenvalue weighted by atomic mass is 19.4. The number of benzene rings is 1. The number of hydrogen-bond donors (Lipinski definition) is 1. The minimum absolute atomic E-state index is 0.108. The van der Waals surface area contributed by atoms with E-state index < -0.39 is 34.4 Å². The Labute approximate surface area is 154 Å². The van der Waals surface area contributed by atoms with Gasteiger partial charge in [-0.2, -0.15) is 23.7 Å². The Morgan fingerprint density at radius 2 is 1.81 bits per heavy atom. The summed E-state index contributed by atoms with van der Waals surface area (Å²) in [5.41, 5.74) is 2.01. The lowest BCUT2D eigenvalue weighted by molar-refractivity contribution is -0.255. The molecule has 3 atom stereocenters. The fraction of sp³-hybridized carbons (Fsp3) is 0.500. The van der Waals surface area contributed by atoms with Gasteiger partial charge in [0, 0.05) is 19.1 Å². The van der Waals surface area contributed by atoms with Crippen molar-refractivity contribution in [2.45, 2.75) is 31.9 Å². The number of nitrogens with two attached hydrogens (primary N) is 1. The smallest absolute Gasteiger partial charge is 0.386 e. The largest absolute Gasteiger partial charge is 0.416 e. The van der Waals surface area contributed by atoms with Crippen molar-refractivity contribution in [3.8, 4) is 12.1 Å². The zero-order valence-corrected chi connectivity index (χ0v) is 14.7. The van der Waals surface area contributed by atoms with Crippen LogP contribution in [0.5, 0.6) is 0 Å². The molecule has 1 saturated carbocycles. The highest BCUT2D eigenvalue weighted by Crippen LogP contribution is 2.82. The molecular weight excluding hydrogens is 361 g/mol. The Balaban J connectivity index is 2.21. The highest BCUT2D eigenvalue weighted by molar-refractivity contribution is 6.00. The molecule has 0 spiro atoms. The summed E-state index contributed by atoms with van der Waals surface area (Å²) in [7, 11) is 0. The van der Waals surface area contributed by atoms with Gasteiger partial charge in [0.25, 0.3) is 5.91 Å². The summed E-state index contributed by atoms with van der Waals surface area (Å²) in [6.45, 7) is 3.53. The molecule has 0 amide bonds. The topological polar surface area (TPSA) is 104 Å². The summed E-state index contributed by atoms with van der Waals surface area (Å²) < 4.78 is 50.7. The Kier molecular flexibility index (Phi) is 4.22. The number of amidine groups is 1. The van der Waals surface area contributed by atoms with E-state index in [1.165, 1.54) is 12.1 Å². The molecule has 6 nitrogen and oxygen atoms in total. The number of fused-ring (bicyclic) bond motifs is 1. The van der Waals surface area contributed by atoms with Gasteiger partial charge in [-0.1, -0.05) is 18.2 Å². The van der Waals surface area contributed by atoms with Gasteiger partial charge < -0.3 is 15.2 Å². The second kappa shape index (κ2) is 5.95. The molecule has 3 rings (SSSR count). The van der Waals surface area contributed by atoms with Crippen molar-refractivity contribution >= 4 is 5.84 Å². The van der Waals surface area contributed by atoms with E-state index in [4.69, 9.17) is 15.2 Å².